The predicted molar refractivity (Wildman–Crippen MR) is 91.6 cm³/mol. The molecule has 0 saturated heterocycles. The molecule has 118 valence electrons. The van der Waals surface area contributed by atoms with Gasteiger partial charge in [0.2, 0.25) is 0 Å². The van der Waals surface area contributed by atoms with Gasteiger partial charge in [0.15, 0.2) is 0 Å². The van der Waals surface area contributed by atoms with Crippen molar-refractivity contribution in [1.82, 2.24) is 15.9 Å². The second kappa shape index (κ2) is 8.54. The van der Waals surface area contributed by atoms with E-state index in [0.717, 1.165) is 30.8 Å². The molecule has 0 fully saturated rings. The van der Waals surface area contributed by atoms with E-state index in [1.807, 2.05) is 32.3 Å². The molecule has 0 saturated carbocycles. The van der Waals surface area contributed by atoms with Crippen LogP contribution in [-0.2, 0) is 6.42 Å². The summed E-state index contributed by atoms with van der Waals surface area (Å²) in [7, 11) is 4.08. The van der Waals surface area contributed by atoms with Crippen LogP contribution in [0.4, 0.5) is 0 Å². The van der Waals surface area contributed by atoms with Crippen LogP contribution in [0.25, 0.3) is 11.1 Å². The van der Waals surface area contributed by atoms with Crippen molar-refractivity contribution in [3.8, 4) is 16.9 Å². The lowest BCUT2D eigenvalue weighted by Crippen LogP contribution is -2.39. The number of benzene rings is 2. The molecule has 4 heteroatoms. The molecule has 0 aliphatic carbocycles. The number of nitrogens with one attached hydrogen (secondary N) is 2. The van der Waals surface area contributed by atoms with Crippen LogP contribution >= 0.6 is 0 Å². The normalized spacial score (nSPS) is 10.9. The van der Waals surface area contributed by atoms with Crippen LogP contribution in [0.2, 0.25) is 0 Å². The van der Waals surface area contributed by atoms with Crippen molar-refractivity contribution in [3.05, 3.63) is 54.1 Å². The number of aryl methyl sites for hydroxylation is 1. The number of hydrazine groups is 1. The first kappa shape index (κ1) is 16.5. The molecule has 2 rings (SSSR count). The molecule has 0 spiro atoms. The molecule has 0 radical (unpaired) electrons. The van der Waals surface area contributed by atoms with E-state index in [4.69, 9.17) is 4.84 Å². The Balaban J connectivity index is 1.94. The van der Waals surface area contributed by atoms with Gasteiger partial charge in [0, 0.05) is 13.1 Å². The first-order valence-corrected chi connectivity index (χ1v) is 7.68. The summed E-state index contributed by atoms with van der Waals surface area (Å²) in [6, 6.07) is 16.7. The second-order valence-electron chi connectivity index (χ2n) is 5.52. The Morgan fingerprint density at radius 3 is 2.45 bits per heavy atom. The molecule has 22 heavy (non-hydrogen) atoms. The number of hydrogen-bond acceptors (Lipinski definition) is 4. The smallest absolute Gasteiger partial charge is 0.149 e. The van der Waals surface area contributed by atoms with E-state index in [1.165, 1.54) is 11.1 Å². The van der Waals surface area contributed by atoms with Gasteiger partial charge >= 0.3 is 0 Å². The maximum atomic E-state index is 5.53. The third kappa shape index (κ3) is 5.15. The number of nitrogens with zero attached hydrogens (tertiary/aromatic N) is 1. The lowest BCUT2D eigenvalue weighted by atomic mass is 10.0. The first-order chi connectivity index (χ1) is 10.7. The first-order valence-electron chi connectivity index (χ1n) is 7.68. The summed E-state index contributed by atoms with van der Waals surface area (Å²) in [5.41, 5.74) is 9.52. The fourth-order valence-electron chi connectivity index (χ4n) is 2.14. The van der Waals surface area contributed by atoms with Gasteiger partial charge in [-0.3, -0.25) is 0 Å². The quantitative estimate of drug-likeness (QED) is 0.580. The lowest BCUT2D eigenvalue weighted by molar-refractivity contribution is 0.146. The van der Waals surface area contributed by atoms with Crippen LogP contribution in [0.5, 0.6) is 5.75 Å². The van der Waals surface area contributed by atoms with E-state index in [9.17, 15) is 0 Å². The van der Waals surface area contributed by atoms with Crippen LogP contribution in [0, 0.1) is 0 Å². The highest BCUT2D eigenvalue weighted by atomic mass is 16.7. The second-order valence-corrected chi connectivity index (χ2v) is 5.52. The standard InChI is InChI=1S/C18H25N3O/c1-4-15-7-5-8-16(13-15)17-9-6-10-18(14-17)22-20-19-11-12-21(2)3/h5-10,13-14,19-20H,4,11-12H2,1-3H3. The van der Waals surface area contributed by atoms with E-state index in [2.05, 4.69) is 53.2 Å². The minimum Gasteiger partial charge on any atom is -0.394 e. The zero-order valence-electron chi connectivity index (χ0n) is 13.6. The van der Waals surface area contributed by atoms with Crippen LogP contribution in [-0.4, -0.2) is 32.1 Å². The Bertz CT molecular complexity index is 584. The highest BCUT2D eigenvalue weighted by Crippen LogP contribution is 2.24. The monoisotopic (exact) mass is 299 g/mol. The molecule has 0 amide bonds. The van der Waals surface area contributed by atoms with Crippen molar-refractivity contribution in [2.24, 2.45) is 0 Å². The Labute approximate surface area is 133 Å². The Hall–Kier alpha value is -1.88. The van der Waals surface area contributed by atoms with Crippen LogP contribution in [0.3, 0.4) is 0 Å². The van der Waals surface area contributed by atoms with Gasteiger partial charge in [-0.2, -0.15) is 0 Å². The molecular weight excluding hydrogens is 274 g/mol. The average Bonchev–Trinajstić information content (AvgIpc) is 2.54. The Morgan fingerprint density at radius 1 is 1.00 bits per heavy atom. The van der Waals surface area contributed by atoms with Crippen molar-refractivity contribution in [3.63, 3.8) is 0 Å². The van der Waals surface area contributed by atoms with Crippen LogP contribution < -0.4 is 15.9 Å². The molecule has 0 bridgehead atoms. The highest BCUT2D eigenvalue weighted by molar-refractivity contribution is 5.65. The summed E-state index contributed by atoms with van der Waals surface area (Å²) in [5, 5.41) is 0. The largest absolute Gasteiger partial charge is 0.394 e. The predicted octanol–water partition coefficient (Wildman–Crippen LogP) is 2.87. The summed E-state index contributed by atoms with van der Waals surface area (Å²) >= 11 is 0. The third-order valence-electron chi connectivity index (χ3n) is 3.43. The minimum absolute atomic E-state index is 0.789. The van der Waals surface area contributed by atoms with Crippen LogP contribution in [0.15, 0.2) is 48.5 Å². The van der Waals surface area contributed by atoms with Gasteiger partial charge in [-0.15, -0.1) is 0 Å². The zero-order valence-corrected chi connectivity index (χ0v) is 13.6. The lowest BCUT2D eigenvalue weighted by Gasteiger charge is -2.12. The molecule has 0 atom stereocenters. The van der Waals surface area contributed by atoms with Crippen molar-refractivity contribution >= 4 is 0 Å². The van der Waals surface area contributed by atoms with Gasteiger partial charge in [0.1, 0.15) is 5.75 Å². The Kier molecular flexibility index (Phi) is 6.40. The molecule has 0 aliphatic rings. The Morgan fingerprint density at radius 2 is 1.73 bits per heavy atom. The molecule has 0 heterocycles. The molecule has 0 aliphatic heterocycles. The van der Waals surface area contributed by atoms with Gasteiger partial charge in [0.25, 0.3) is 0 Å². The van der Waals surface area contributed by atoms with Crippen molar-refractivity contribution in [2.75, 3.05) is 27.2 Å². The summed E-state index contributed by atoms with van der Waals surface area (Å²) < 4.78 is 0. The zero-order chi connectivity index (χ0) is 15.8. The van der Waals surface area contributed by atoms with Gasteiger partial charge in [-0.05, 0) is 49.3 Å². The van der Waals surface area contributed by atoms with E-state index in [1.54, 1.807) is 0 Å². The average molecular weight is 299 g/mol. The summed E-state index contributed by atoms with van der Waals surface area (Å²) in [4.78, 5) is 7.63. The molecular formula is C18H25N3O. The van der Waals surface area contributed by atoms with E-state index in [-0.39, 0.29) is 0 Å². The fraction of sp³-hybridized carbons (Fsp3) is 0.333. The minimum atomic E-state index is 0.789. The van der Waals surface area contributed by atoms with Gasteiger partial charge in [-0.1, -0.05) is 48.9 Å². The van der Waals surface area contributed by atoms with Crippen molar-refractivity contribution in [1.29, 1.82) is 0 Å². The molecule has 0 aromatic heterocycles. The van der Waals surface area contributed by atoms with Gasteiger partial charge in [-0.25, -0.2) is 5.43 Å². The van der Waals surface area contributed by atoms with E-state index < -0.39 is 0 Å². The maximum absolute atomic E-state index is 5.53. The highest BCUT2D eigenvalue weighted by Gasteiger charge is 2.01. The van der Waals surface area contributed by atoms with Crippen molar-refractivity contribution in [2.45, 2.75) is 13.3 Å². The van der Waals surface area contributed by atoms with E-state index in [0.29, 0.717) is 0 Å². The molecule has 2 aromatic carbocycles. The number of rotatable bonds is 8. The fourth-order valence-corrected chi connectivity index (χ4v) is 2.14. The molecule has 2 aromatic rings. The maximum Gasteiger partial charge on any atom is 0.149 e. The molecule has 0 unspecified atom stereocenters. The number of likely N-dealkylation sites (N-methyl/N-ethyl adjacent to an activating group) is 1. The van der Waals surface area contributed by atoms with Crippen molar-refractivity contribution < 1.29 is 4.84 Å². The van der Waals surface area contributed by atoms with Gasteiger partial charge < -0.3 is 9.74 Å². The third-order valence-corrected chi connectivity index (χ3v) is 3.43. The summed E-state index contributed by atoms with van der Waals surface area (Å²) in [6.45, 7) is 3.92. The molecule has 4 nitrogen and oxygen atoms in total. The summed E-state index contributed by atoms with van der Waals surface area (Å²) in [6.07, 6.45) is 1.04. The van der Waals surface area contributed by atoms with Gasteiger partial charge in [0.05, 0.1) is 0 Å². The number of hydrogen-bond donors (Lipinski definition) is 2. The van der Waals surface area contributed by atoms with E-state index >= 15 is 0 Å². The molecule has 2 N–H and O–H groups in total. The van der Waals surface area contributed by atoms with Crippen LogP contribution in [0.1, 0.15) is 12.5 Å². The topological polar surface area (TPSA) is 36.5 Å². The summed E-state index contributed by atoms with van der Waals surface area (Å²) in [5.74, 6) is 0.789. The SMILES string of the molecule is CCc1cccc(-c2cccc(ONNCCN(C)C)c2)c1.